The molecule has 78 valence electrons. The van der Waals surface area contributed by atoms with E-state index < -0.39 is 0 Å². The first kappa shape index (κ1) is 9.10. The summed E-state index contributed by atoms with van der Waals surface area (Å²) in [6, 6.07) is 9.97. The minimum absolute atomic E-state index is 0.0875. The van der Waals surface area contributed by atoms with Crippen molar-refractivity contribution >= 4 is 5.78 Å². The topological polar surface area (TPSA) is 26.3 Å². The van der Waals surface area contributed by atoms with Crippen molar-refractivity contribution in [2.45, 2.75) is 12.8 Å². The Labute approximate surface area is 89.2 Å². The lowest BCUT2D eigenvalue weighted by Gasteiger charge is -2.09. The number of carbonyl (C=O) groups is 1. The van der Waals surface area contributed by atoms with E-state index in [0.717, 1.165) is 18.6 Å². The van der Waals surface area contributed by atoms with Crippen molar-refractivity contribution in [1.29, 1.82) is 0 Å². The Morgan fingerprint density at radius 1 is 1.40 bits per heavy atom. The van der Waals surface area contributed by atoms with Crippen molar-refractivity contribution in [1.82, 2.24) is 0 Å². The van der Waals surface area contributed by atoms with E-state index in [2.05, 4.69) is 0 Å². The van der Waals surface area contributed by atoms with Crippen molar-refractivity contribution in [2.24, 2.45) is 11.3 Å². The van der Waals surface area contributed by atoms with E-state index >= 15 is 0 Å². The molecule has 0 bridgehead atoms. The SMILES string of the molecule is O=C(Cc1ccccc1)C12COCC1C2. The lowest BCUT2D eigenvalue weighted by Crippen LogP contribution is -2.21. The standard InChI is InChI=1S/C13H14O2/c14-12(6-10-4-2-1-3-5-10)13-7-11(13)8-15-9-13/h1-5,11H,6-9H2. The summed E-state index contributed by atoms with van der Waals surface area (Å²) in [7, 11) is 0. The van der Waals surface area contributed by atoms with Gasteiger partial charge >= 0.3 is 0 Å². The highest BCUT2D eigenvalue weighted by atomic mass is 16.5. The monoisotopic (exact) mass is 202 g/mol. The lowest BCUT2D eigenvalue weighted by atomic mass is 9.95. The fourth-order valence-corrected chi connectivity index (χ4v) is 2.54. The van der Waals surface area contributed by atoms with Crippen molar-refractivity contribution in [3.63, 3.8) is 0 Å². The number of benzene rings is 1. The van der Waals surface area contributed by atoms with Gasteiger partial charge in [-0.3, -0.25) is 4.79 Å². The highest BCUT2D eigenvalue weighted by Crippen LogP contribution is 2.57. The molecule has 1 saturated heterocycles. The molecular weight excluding hydrogens is 188 g/mol. The molecule has 3 rings (SSSR count). The van der Waals surface area contributed by atoms with Crippen molar-refractivity contribution < 1.29 is 9.53 Å². The quantitative estimate of drug-likeness (QED) is 0.747. The normalized spacial score (nSPS) is 32.4. The van der Waals surface area contributed by atoms with Crippen LogP contribution in [0.2, 0.25) is 0 Å². The third-order valence-corrected chi connectivity index (χ3v) is 3.67. The first-order chi connectivity index (χ1) is 7.31. The molecule has 1 aromatic rings. The predicted molar refractivity (Wildman–Crippen MR) is 56.5 cm³/mol. The van der Waals surface area contributed by atoms with Crippen LogP contribution < -0.4 is 0 Å². The molecule has 1 aliphatic carbocycles. The smallest absolute Gasteiger partial charge is 0.146 e. The highest BCUT2D eigenvalue weighted by Gasteiger charge is 2.62. The Bertz CT molecular complexity index is 385. The second-order valence-electron chi connectivity index (χ2n) is 4.66. The van der Waals surface area contributed by atoms with Gasteiger partial charge in [-0.05, 0) is 17.9 Å². The molecule has 1 aromatic carbocycles. The Morgan fingerprint density at radius 3 is 2.80 bits per heavy atom. The third kappa shape index (κ3) is 1.40. The number of carbonyl (C=O) groups excluding carboxylic acids is 1. The zero-order valence-corrected chi connectivity index (χ0v) is 8.61. The van der Waals surface area contributed by atoms with Crippen LogP contribution in [0.15, 0.2) is 30.3 Å². The Morgan fingerprint density at radius 2 is 2.20 bits per heavy atom. The number of fused-ring (bicyclic) bond motifs is 1. The molecule has 2 fully saturated rings. The molecular formula is C13H14O2. The molecule has 2 aliphatic rings. The summed E-state index contributed by atoms with van der Waals surface area (Å²) in [4.78, 5) is 12.1. The molecule has 15 heavy (non-hydrogen) atoms. The summed E-state index contributed by atoms with van der Waals surface area (Å²) >= 11 is 0. The van der Waals surface area contributed by atoms with Crippen LogP contribution >= 0.6 is 0 Å². The molecule has 1 heterocycles. The van der Waals surface area contributed by atoms with Gasteiger partial charge in [0.1, 0.15) is 5.78 Å². The first-order valence-electron chi connectivity index (χ1n) is 5.46. The molecule has 0 spiro atoms. The van der Waals surface area contributed by atoms with Gasteiger partial charge in [-0.1, -0.05) is 30.3 Å². The molecule has 2 heteroatoms. The summed E-state index contributed by atoms with van der Waals surface area (Å²) in [5.74, 6) is 0.893. The number of hydrogen-bond donors (Lipinski definition) is 0. The Hall–Kier alpha value is -1.15. The second kappa shape index (κ2) is 3.17. The van der Waals surface area contributed by atoms with Crippen LogP contribution in [0.5, 0.6) is 0 Å². The fraction of sp³-hybridized carbons (Fsp3) is 0.462. The van der Waals surface area contributed by atoms with Crippen molar-refractivity contribution in [3.8, 4) is 0 Å². The van der Waals surface area contributed by atoms with Gasteiger partial charge in [0.15, 0.2) is 0 Å². The van der Waals surface area contributed by atoms with Gasteiger partial charge in [-0.15, -0.1) is 0 Å². The van der Waals surface area contributed by atoms with Gasteiger partial charge in [-0.25, -0.2) is 0 Å². The molecule has 1 aliphatic heterocycles. The van der Waals surface area contributed by atoms with Crippen LogP contribution in [0.4, 0.5) is 0 Å². The van der Waals surface area contributed by atoms with E-state index in [9.17, 15) is 4.79 Å². The summed E-state index contributed by atoms with van der Waals surface area (Å²) in [5.41, 5.74) is 1.03. The van der Waals surface area contributed by atoms with E-state index in [4.69, 9.17) is 4.74 Å². The number of rotatable bonds is 3. The molecule has 0 aromatic heterocycles. The second-order valence-corrected chi connectivity index (χ2v) is 4.66. The van der Waals surface area contributed by atoms with E-state index in [0.29, 0.717) is 24.7 Å². The Kier molecular flexibility index (Phi) is 1.93. The average molecular weight is 202 g/mol. The van der Waals surface area contributed by atoms with Crippen LogP contribution in [-0.2, 0) is 16.0 Å². The number of ether oxygens (including phenoxy) is 1. The van der Waals surface area contributed by atoms with Crippen LogP contribution in [0, 0.1) is 11.3 Å². The predicted octanol–water partition coefficient (Wildman–Crippen LogP) is 1.83. The van der Waals surface area contributed by atoms with Gasteiger partial charge in [0.05, 0.1) is 18.6 Å². The molecule has 0 radical (unpaired) electrons. The number of ketones is 1. The maximum Gasteiger partial charge on any atom is 0.146 e. The average Bonchev–Trinajstić information content (AvgIpc) is 2.84. The van der Waals surface area contributed by atoms with E-state index in [1.54, 1.807) is 0 Å². The minimum Gasteiger partial charge on any atom is -0.380 e. The first-order valence-corrected chi connectivity index (χ1v) is 5.46. The molecule has 2 unspecified atom stereocenters. The van der Waals surface area contributed by atoms with Crippen LogP contribution in [0.1, 0.15) is 12.0 Å². The highest BCUT2D eigenvalue weighted by molar-refractivity contribution is 5.90. The maximum atomic E-state index is 12.1. The van der Waals surface area contributed by atoms with Gasteiger partial charge in [0.25, 0.3) is 0 Å². The van der Waals surface area contributed by atoms with E-state index in [1.165, 1.54) is 0 Å². The fourth-order valence-electron chi connectivity index (χ4n) is 2.54. The van der Waals surface area contributed by atoms with Gasteiger partial charge in [-0.2, -0.15) is 0 Å². The number of Topliss-reactive ketones (excluding diaryl/α,β-unsaturated/α-hetero) is 1. The van der Waals surface area contributed by atoms with E-state index in [-0.39, 0.29) is 5.41 Å². The summed E-state index contributed by atoms with van der Waals surface area (Å²) < 4.78 is 5.35. The largest absolute Gasteiger partial charge is 0.380 e. The maximum absolute atomic E-state index is 12.1. The third-order valence-electron chi connectivity index (χ3n) is 3.67. The zero-order chi connectivity index (χ0) is 10.3. The van der Waals surface area contributed by atoms with Gasteiger partial charge in [0, 0.05) is 6.42 Å². The van der Waals surface area contributed by atoms with Crippen molar-refractivity contribution in [2.75, 3.05) is 13.2 Å². The van der Waals surface area contributed by atoms with Crippen LogP contribution in [0.25, 0.3) is 0 Å². The van der Waals surface area contributed by atoms with Gasteiger partial charge < -0.3 is 4.74 Å². The summed E-state index contributed by atoms with van der Waals surface area (Å²) in [6.07, 6.45) is 1.62. The lowest BCUT2D eigenvalue weighted by molar-refractivity contribution is -0.124. The molecule has 2 nitrogen and oxygen atoms in total. The summed E-state index contributed by atoms with van der Waals surface area (Å²) in [5, 5.41) is 0. The van der Waals surface area contributed by atoms with E-state index in [1.807, 2.05) is 30.3 Å². The van der Waals surface area contributed by atoms with Crippen LogP contribution in [0.3, 0.4) is 0 Å². The molecule has 1 saturated carbocycles. The van der Waals surface area contributed by atoms with Crippen LogP contribution in [-0.4, -0.2) is 19.0 Å². The molecule has 0 N–H and O–H groups in total. The number of hydrogen-bond acceptors (Lipinski definition) is 2. The van der Waals surface area contributed by atoms with Gasteiger partial charge in [0.2, 0.25) is 0 Å². The zero-order valence-electron chi connectivity index (χ0n) is 8.61. The summed E-state index contributed by atoms with van der Waals surface area (Å²) in [6.45, 7) is 1.45. The minimum atomic E-state index is -0.0875. The Balaban J connectivity index is 1.72. The van der Waals surface area contributed by atoms with Crippen molar-refractivity contribution in [3.05, 3.63) is 35.9 Å². The molecule has 0 amide bonds. The molecule has 2 atom stereocenters.